The Morgan fingerprint density at radius 2 is 2.25 bits per heavy atom. The molecule has 2 amide bonds. The van der Waals surface area contributed by atoms with E-state index < -0.39 is 0 Å². The van der Waals surface area contributed by atoms with Gasteiger partial charge in [-0.1, -0.05) is 6.92 Å². The molecular formula is C14H22N4O2. The second-order valence-electron chi connectivity index (χ2n) is 5.27. The number of imide groups is 1. The van der Waals surface area contributed by atoms with Gasteiger partial charge in [-0.25, -0.2) is 4.98 Å². The predicted molar refractivity (Wildman–Crippen MR) is 74.9 cm³/mol. The van der Waals surface area contributed by atoms with Crippen LogP contribution in [0.25, 0.3) is 0 Å². The number of nitrogens with one attached hydrogen (secondary N) is 1. The molecule has 6 nitrogen and oxygen atoms in total. The maximum atomic E-state index is 12.2. The molecule has 0 bridgehead atoms. The zero-order valence-electron chi connectivity index (χ0n) is 12.3. The first-order valence-electron chi connectivity index (χ1n) is 7.10. The molecule has 6 heteroatoms. The van der Waals surface area contributed by atoms with E-state index in [1.54, 1.807) is 6.20 Å². The first-order valence-corrected chi connectivity index (χ1v) is 7.10. The predicted octanol–water partition coefficient (Wildman–Crippen LogP) is 0.478. The van der Waals surface area contributed by atoms with Crippen LogP contribution in [-0.2, 0) is 23.1 Å². The molecule has 0 aliphatic carbocycles. The van der Waals surface area contributed by atoms with Crippen LogP contribution in [-0.4, -0.2) is 44.9 Å². The molecule has 0 aromatic carbocycles. The molecule has 0 spiro atoms. The molecule has 1 aliphatic heterocycles. The van der Waals surface area contributed by atoms with Crippen LogP contribution in [0.3, 0.4) is 0 Å². The topological polar surface area (TPSA) is 67.2 Å². The quantitative estimate of drug-likeness (QED) is 0.769. The van der Waals surface area contributed by atoms with E-state index in [1.165, 1.54) is 4.90 Å². The molecule has 1 aromatic rings. The molecular weight excluding hydrogens is 256 g/mol. The van der Waals surface area contributed by atoms with Crippen LogP contribution in [0.2, 0.25) is 0 Å². The van der Waals surface area contributed by atoms with Crippen LogP contribution in [0.4, 0.5) is 0 Å². The molecule has 1 fully saturated rings. The number of amides is 2. The Hall–Kier alpha value is -1.69. The van der Waals surface area contributed by atoms with Gasteiger partial charge in [-0.3, -0.25) is 14.5 Å². The van der Waals surface area contributed by atoms with Gasteiger partial charge in [0.1, 0.15) is 5.82 Å². The molecule has 110 valence electrons. The number of aromatic nitrogens is 2. The number of hydrogen-bond donors (Lipinski definition) is 1. The lowest BCUT2D eigenvalue weighted by Gasteiger charge is -2.21. The third-order valence-corrected chi connectivity index (χ3v) is 3.87. The molecule has 1 saturated heterocycles. The van der Waals surface area contributed by atoms with Crippen LogP contribution in [0.1, 0.15) is 32.5 Å². The summed E-state index contributed by atoms with van der Waals surface area (Å²) in [6, 6.07) is -0.395. The standard InChI is InChI=1S/C14H22N4O2/c1-4-10(2)18-13(19)9-11(14(18)20)15-6-5-12-16-7-8-17(12)3/h7-8,10-11,15H,4-6,9H2,1-3H3. The largest absolute Gasteiger partial charge is 0.338 e. The molecule has 2 heterocycles. The Morgan fingerprint density at radius 3 is 2.85 bits per heavy atom. The third kappa shape index (κ3) is 2.90. The van der Waals surface area contributed by atoms with Crippen molar-refractivity contribution in [3.63, 3.8) is 0 Å². The normalized spacial score (nSPS) is 20.8. The maximum absolute atomic E-state index is 12.2. The van der Waals surface area contributed by atoms with Crippen molar-refractivity contribution in [1.82, 2.24) is 19.8 Å². The third-order valence-electron chi connectivity index (χ3n) is 3.87. The van der Waals surface area contributed by atoms with Crippen molar-refractivity contribution in [3.8, 4) is 0 Å². The Morgan fingerprint density at radius 1 is 1.50 bits per heavy atom. The van der Waals surface area contributed by atoms with Crippen molar-refractivity contribution in [2.24, 2.45) is 7.05 Å². The molecule has 20 heavy (non-hydrogen) atoms. The van der Waals surface area contributed by atoms with Crippen LogP contribution in [0.5, 0.6) is 0 Å². The highest BCUT2D eigenvalue weighted by molar-refractivity contribution is 6.05. The average Bonchev–Trinajstić information content (AvgIpc) is 2.94. The number of carbonyl (C=O) groups is 2. The number of aryl methyl sites for hydroxylation is 1. The van der Waals surface area contributed by atoms with Gasteiger partial charge in [-0.15, -0.1) is 0 Å². The van der Waals surface area contributed by atoms with Gasteiger partial charge in [0.25, 0.3) is 0 Å². The minimum Gasteiger partial charge on any atom is -0.338 e. The van der Waals surface area contributed by atoms with Crippen LogP contribution < -0.4 is 5.32 Å². The van der Waals surface area contributed by atoms with E-state index in [-0.39, 0.29) is 30.3 Å². The van der Waals surface area contributed by atoms with Gasteiger partial charge in [-0.2, -0.15) is 0 Å². The van der Waals surface area contributed by atoms with E-state index in [0.29, 0.717) is 6.54 Å². The smallest absolute Gasteiger partial charge is 0.247 e. The summed E-state index contributed by atoms with van der Waals surface area (Å²) in [5.41, 5.74) is 0. The van der Waals surface area contributed by atoms with E-state index in [0.717, 1.165) is 18.7 Å². The minimum atomic E-state index is -0.378. The highest BCUT2D eigenvalue weighted by Gasteiger charge is 2.40. The monoisotopic (exact) mass is 278 g/mol. The fraction of sp³-hybridized carbons (Fsp3) is 0.643. The van der Waals surface area contributed by atoms with Gasteiger partial charge in [0.15, 0.2) is 0 Å². The van der Waals surface area contributed by atoms with Crippen molar-refractivity contribution in [2.45, 2.75) is 45.2 Å². The van der Waals surface area contributed by atoms with Gasteiger partial charge < -0.3 is 9.88 Å². The summed E-state index contributed by atoms with van der Waals surface area (Å²) < 4.78 is 1.95. The first-order chi connectivity index (χ1) is 9.54. The van der Waals surface area contributed by atoms with Gasteiger partial charge >= 0.3 is 0 Å². The van der Waals surface area contributed by atoms with Crippen molar-refractivity contribution in [2.75, 3.05) is 6.54 Å². The van der Waals surface area contributed by atoms with Crippen molar-refractivity contribution in [1.29, 1.82) is 0 Å². The van der Waals surface area contributed by atoms with E-state index in [2.05, 4.69) is 10.3 Å². The van der Waals surface area contributed by atoms with Crippen molar-refractivity contribution in [3.05, 3.63) is 18.2 Å². The summed E-state index contributed by atoms with van der Waals surface area (Å²) in [7, 11) is 1.94. The van der Waals surface area contributed by atoms with E-state index in [4.69, 9.17) is 0 Å². The summed E-state index contributed by atoms with van der Waals surface area (Å²) in [6.07, 6.45) is 5.44. The Labute approximate surface area is 119 Å². The molecule has 2 rings (SSSR count). The van der Waals surface area contributed by atoms with Crippen LogP contribution in [0.15, 0.2) is 12.4 Å². The fourth-order valence-corrected chi connectivity index (χ4v) is 2.45. The Balaban J connectivity index is 1.87. The highest BCUT2D eigenvalue weighted by atomic mass is 16.2. The highest BCUT2D eigenvalue weighted by Crippen LogP contribution is 2.17. The molecule has 0 saturated carbocycles. The second kappa shape index (κ2) is 6.17. The summed E-state index contributed by atoms with van der Waals surface area (Å²) in [5, 5.41) is 3.17. The lowest BCUT2D eigenvalue weighted by atomic mass is 10.2. The van der Waals surface area contributed by atoms with Gasteiger partial charge in [0.05, 0.1) is 12.5 Å². The average molecular weight is 278 g/mol. The number of carbonyl (C=O) groups excluding carboxylic acids is 2. The Kier molecular flexibility index (Phi) is 4.54. The summed E-state index contributed by atoms with van der Waals surface area (Å²) in [4.78, 5) is 29.7. The molecule has 1 aliphatic rings. The second-order valence-corrected chi connectivity index (χ2v) is 5.27. The molecule has 0 radical (unpaired) electrons. The van der Waals surface area contributed by atoms with Gasteiger partial charge in [0, 0.05) is 38.4 Å². The number of imidazole rings is 1. The van der Waals surface area contributed by atoms with E-state index >= 15 is 0 Å². The first kappa shape index (κ1) is 14.7. The van der Waals surface area contributed by atoms with Crippen molar-refractivity contribution >= 4 is 11.8 Å². The summed E-state index contributed by atoms with van der Waals surface area (Å²) in [5.74, 6) is 0.802. The SMILES string of the molecule is CCC(C)N1C(=O)CC(NCCc2nccn2C)C1=O. The molecule has 2 unspecified atom stereocenters. The lowest BCUT2D eigenvalue weighted by Crippen LogP contribution is -2.43. The molecule has 1 N–H and O–H groups in total. The summed E-state index contributed by atoms with van der Waals surface area (Å²) in [6.45, 7) is 4.53. The summed E-state index contributed by atoms with van der Waals surface area (Å²) >= 11 is 0. The zero-order valence-corrected chi connectivity index (χ0v) is 12.3. The molecule has 1 aromatic heterocycles. The van der Waals surface area contributed by atoms with E-state index in [1.807, 2.05) is 31.7 Å². The van der Waals surface area contributed by atoms with Gasteiger partial charge in [-0.05, 0) is 13.3 Å². The number of rotatable bonds is 6. The Bertz CT molecular complexity index is 497. The van der Waals surface area contributed by atoms with Crippen molar-refractivity contribution < 1.29 is 9.59 Å². The van der Waals surface area contributed by atoms with Crippen LogP contribution >= 0.6 is 0 Å². The van der Waals surface area contributed by atoms with E-state index in [9.17, 15) is 9.59 Å². The number of likely N-dealkylation sites (tertiary alicyclic amines) is 1. The fourth-order valence-electron chi connectivity index (χ4n) is 2.45. The maximum Gasteiger partial charge on any atom is 0.247 e. The lowest BCUT2D eigenvalue weighted by molar-refractivity contribution is -0.141. The van der Waals surface area contributed by atoms with Gasteiger partial charge in [0.2, 0.25) is 11.8 Å². The minimum absolute atomic E-state index is 0.0173. The number of hydrogen-bond acceptors (Lipinski definition) is 4. The molecule has 2 atom stereocenters. The van der Waals surface area contributed by atoms with Crippen LogP contribution in [0, 0.1) is 0 Å². The number of nitrogens with zero attached hydrogens (tertiary/aromatic N) is 3. The zero-order chi connectivity index (χ0) is 14.7.